The zero-order valence-corrected chi connectivity index (χ0v) is 14.2. The highest BCUT2D eigenvalue weighted by Crippen LogP contribution is 2.27. The summed E-state index contributed by atoms with van der Waals surface area (Å²) in [7, 11) is 0. The first-order valence-electron chi connectivity index (χ1n) is 7.23. The molecule has 0 bridgehead atoms. The van der Waals surface area contributed by atoms with E-state index in [-0.39, 0.29) is 0 Å². The maximum absolute atomic E-state index is 5.83. The van der Waals surface area contributed by atoms with Crippen molar-refractivity contribution in [2.75, 3.05) is 6.61 Å². The van der Waals surface area contributed by atoms with Crippen molar-refractivity contribution < 1.29 is 4.74 Å². The number of hydrogen-bond donors (Lipinski definition) is 0. The lowest BCUT2D eigenvalue weighted by molar-refractivity contribution is 0.321. The minimum Gasteiger partial charge on any atom is -0.493 e. The van der Waals surface area contributed by atoms with Crippen molar-refractivity contribution in [2.24, 2.45) is 0 Å². The van der Waals surface area contributed by atoms with Crippen LogP contribution in [-0.2, 0) is 6.54 Å². The molecule has 0 saturated heterocycles. The first kappa shape index (κ1) is 14.4. The Hall–Kier alpha value is -1.49. The monoisotopic (exact) mass is 391 g/mol. The van der Waals surface area contributed by atoms with Gasteiger partial charge in [0.1, 0.15) is 5.75 Å². The molecule has 0 fully saturated rings. The Labute approximate surface area is 138 Å². The molecule has 0 radical (unpaired) electrons. The molecule has 0 saturated carbocycles. The van der Waals surface area contributed by atoms with Crippen molar-refractivity contribution in [3.8, 4) is 5.75 Å². The molecule has 0 unspecified atom stereocenters. The second-order valence-electron chi connectivity index (χ2n) is 5.11. The third kappa shape index (κ3) is 3.23. The summed E-state index contributed by atoms with van der Waals surface area (Å²) >= 11 is 2.33. The Morgan fingerprint density at radius 3 is 2.62 bits per heavy atom. The average Bonchev–Trinajstić information content (AvgIpc) is 2.91. The minimum atomic E-state index is 0.765. The number of halogens is 1. The van der Waals surface area contributed by atoms with E-state index in [0.29, 0.717) is 0 Å². The van der Waals surface area contributed by atoms with Gasteiger partial charge in [0.2, 0.25) is 0 Å². The smallest absolute Gasteiger partial charge is 0.128 e. The quantitative estimate of drug-likeness (QED) is 0.553. The fraction of sp³-hybridized carbons (Fsp3) is 0.222. The van der Waals surface area contributed by atoms with Crippen LogP contribution in [0.3, 0.4) is 0 Å². The van der Waals surface area contributed by atoms with Gasteiger partial charge in [0, 0.05) is 21.7 Å². The Bertz CT molecular complexity index is 731. The van der Waals surface area contributed by atoms with Gasteiger partial charge in [-0.25, -0.2) is 0 Å². The number of fused-ring (bicyclic) bond motifs is 1. The second kappa shape index (κ2) is 6.52. The van der Waals surface area contributed by atoms with E-state index in [9.17, 15) is 0 Å². The highest BCUT2D eigenvalue weighted by atomic mass is 127. The van der Waals surface area contributed by atoms with Crippen LogP contribution in [0.4, 0.5) is 0 Å². The van der Waals surface area contributed by atoms with E-state index < -0.39 is 0 Å². The van der Waals surface area contributed by atoms with Gasteiger partial charge >= 0.3 is 0 Å². The fourth-order valence-electron chi connectivity index (χ4n) is 2.46. The summed E-state index contributed by atoms with van der Waals surface area (Å²) in [6.45, 7) is 3.78. The fourth-order valence-corrected chi connectivity index (χ4v) is 2.82. The largest absolute Gasteiger partial charge is 0.493 e. The van der Waals surface area contributed by atoms with Crippen LogP contribution in [0.5, 0.6) is 5.75 Å². The van der Waals surface area contributed by atoms with Gasteiger partial charge in [0.15, 0.2) is 0 Å². The molecule has 1 aromatic heterocycles. The number of nitrogens with zero attached hydrogens (tertiary/aromatic N) is 1. The molecule has 2 nitrogen and oxygen atoms in total. The van der Waals surface area contributed by atoms with E-state index in [1.165, 1.54) is 20.0 Å². The average molecular weight is 391 g/mol. The van der Waals surface area contributed by atoms with Gasteiger partial charge in [0.25, 0.3) is 0 Å². The summed E-state index contributed by atoms with van der Waals surface area (Å²) in [5.41, 5.74) is 2.54. The van der Waals surface area contributed by atoms with Crippen molar-refractivity contribution in [3.63, 3.8) is 0 Å². The molecular weight excluding hydrogens is 373 g/mol. The van der Waals surface area contributed by atoms with E-state index in [0.717, 1.165) is 25.3 Å². The summed E-state index contributed by atoms with van der Waals surface area (Å²) in [5.74, 6) is 0.982. The van der Waals surface area contributed by atoms with E-state index in [1.807, 2.05) is 6.07 Å². The van der Waals surface area contributed by atoms with E-state index in [1.54, 1.807) is 0 Å². The van der Waals surface area contributed by atoms with Crippen LogP contribution in [0, 0.1) is 3.57 Å². The van der Waals surface area contributed by atoms with Crippen molar-refractivity contribution in [3.05, 3.63) is 63.9 Å². The summed E-state index contributed by atoms with van der Waals surface area (Å²) in [5, 5.41) is 1.19. The zero-order valence-electron chi connectivity index (χ0n) is 12.1. The lowest BCUT2D eigenvalue weighted by atomic mass is 10.2. The lowest BCUT2D eigenvalue weighted by Gasteiger charge is -2.08. The molecule has 0 aliphatic carbocycles. The predicted octanol–water partition coefficient (Wildman–Crippen LogP) is 5.08. The third-order valence-corrected chi connectivity index (χ3v) is 4.22. The minimum absolute atomic E-state index is 0.765. The van der Waals surface area contributed by atoms with Crippen LogP contribution in [0.2, 0.25) is 0 Å². The molecule has 0 atom stereocenters. The zero-order chi connectivity index (χ0) is 14.7. The molecule has 3 aromatic rings. The van der Waals surface area contributed by atoms with Crippen molar-refractivity contribution in [2.45, 2.75) is 19.9 Å². The normalized spacial score (nSPS) is 11.0. The van der Waals surface area contributed by atoms with Gasteiger partial charge in [-0.1, -0.05) is 25.1 Å². The Kier molecular flexibility index (Phi) is 4.48. The Balaban J connectivity index is 1.91. The molecule has 0 aliphatic rings. The van der Waals surface area contributed by atoms with Gasteiger partial charge in [-0.15, -0.1) is 0 Å². The van der Waals surface area contributed by atoms with E-state index >= 15 is 0 Å². The summed E-state index contributed by atoms with van der Waals surface area (Å²) in [6.07, 6.45) is 3.17. The first-order valence-corrected chi connectivity index (χ1v) is 8.31. The maximum atomic E-state index is 5.83. The van der Waals surface area contributed by atoms with Gasteiger partial charge in [-0.05, 0) is 64.9 Å². The molecule has 2 aromatic carbocycles. The molecule has 0 aliphatic heterocycles. The molecule has 1 heterocycles. The SMILES string of the molecule is CCCOc1cccc2c1ccn2Cc1ccc(I)cc1. The van der Waals surface area contributed by atoms with Crippen LogP contribution in [-0.4, -0.2) is 11.2 Å². The van der Waals surface area contributed by atoms with E-state index in [4.69, 9.17) is 4.74 Å². The van der Waals surface area contributed by atoms with Gasteiger partial charge in [-0.3, -0.25) is 0 Å². The molecule has 3 rings (SSSR count). The van der Waals surface area contributed by atoms with Crippen molar-refractivity contribution in [1.29, 1.82) is 0 Å². The van der Waals surface area contributed by atoms with Gasteiger partial charge < -0.3 is 9.30 Å². The number of benzene rings is 2. The molecule has 21 heavy (non-hydrogen) atoms. The Morgan fingerprint density at radius 2 is 1.86 bits per heavy atom. The van der Waals surface area contributed by atoms with E-state index in [2.05, 4.69) is 82.7 Å². The van der Waals surface area contributed by atoms with Crippen LogP contribution in [0.15, 0.2) is 54.7 Å². The van der Waals surface area contributed by atoms with Gasteiger partial charge in [0.05, 0.1) is 12.1 Å². The standard InChI is InChI=1S/C18H18INO/c1-2-12-21-18-5-3-4-17-16(18)10-11-20(17)13-14-6-8-15(19)9-7-14/h3-11H,2,12-13H2,1H3. The summed E-state index contributed by atoms with van der Waals surface area (Å²) in [6, 6.07) is 17.1. The topological polar surface area (TPSA) is 14.2 Å². The van der Waals surface area contributed by atoms with Crippen molar-refractivity contribution >= 4 is 33.5 Å². The maximum Gasteiger partial charge on any atom is 0.128 e. The van der Waals surface area contributed by atoms with Crippen molar-refractivity contribution in [1.82, 2.24) is 4.57 Å². The van der Waals surface area contributed by atoms with Crippen LogP contribution in [0.1, 0.15) is 18.9 Å². The van der Waals surface area contributed by atoms with Crippen LogP contribution < -0.4 is 4.74 Å². The second-order valence-corrected chi connectivity index (χ2v) is 6.35. The molecule has 108 valence electrons. The molecule has 0 amide bonds. The Morgan fingerprint density at radius 1 is 1.05 bits per heavy atom. The highest BCUT2D eigenvalue weighted by molar-refractivity contribution is 14.1. The number of rotatable bonds is 5. The summed E-state index contributed by atoms with van der Waals surface area (Å²) in [4.78, 5) is 0. The molecule has 0 spiro atoms. The summed E-state index contributed by atoms with van der Waals surface area (Å²) < 4.78 is 9.38. The first-order chi connectivity index (χ1) is 10.3. The van der Waals surface area contributed by atoms with Crippen LogP contribution in [0.25, 0.3) is 10.9 Å². The number of hydrogen-bond acceptors (Lipinski definition) is 1. The third-order valence-electron chi connectivity index (χ3n) is 3.50. The number of aromatic nitrogens is 1. The highest BCUT2D eigenvalue weighted by Gasteiger charge is 2.06. The number of ether oxygens (including phenoxy) is 1. The molecular formula is C18H18INO. The molecule has 0 N–H and O–H groups in total. The predicted molar refractivity (Wildman–Crippen MR) is 96.0 cm³/mol. The van der Waals surface area contributed by atoms with Gasteiger partial charge in [-0.2, -0.15) is 0 Å². The van der Waals surface area contributed by atoms with Crippen LogP contribution >= 0.6 is 22.6 Å². The molecule has 3 heteroatoms. The lowest BCUT2D eigenvalue weighted by Crippen LogP contribution is -1.98.